The summed E-state index contributed by atoms with van der Waals surface area (Å²) < 4.78 is 5.54. The van der Waals surface area contributed by atoms with E-state index < -0.39 is 0 Å². The van der Waals surface area contributed by atoms with Crippen LogP contribution in [0.15, 0.2) is 77.7 Å². The van der Waals surface area contributed by atoms with Gasteiger partial charge in [-0.1, -0.05) is 36.4 Å². The number of anilines is 2. The summed E-state index contributed by atoms with van der Waals surface area (Å²) in [6, 6.07) is 22.3. The average Bonchev–Trinajstić information content (AvgIpc) is 2.74. The highest BCUT2D eigenvalue weighted by atomic mass is 32.2. The quantitative estimate of drug-likeness (QED) is 0.480. The van der Waals surface area contributed by atoms with Crippen LogP contribution in [0.3, 0.4) is 0 Å². The van der Waals surface area contributed by atoms with Crippen molar-refractivity contribution in [3.63, 3.8) is 0 Å². The second-order valence-electron chi connectivity index (χ2n) is 6.56. The van der Waals surface area contributed by atoms with Crippen molar-refractivity contribution in [2.45, 2.75) is 18.7 Å². The van der Waals surface area contributed by atoms with Gasteiger partial charge < -0.3 is 15.4 Å². The van der Waals surface area contributed by atoms with Gasteiger partial charge >= 0.3 is 0 Å². The van der Waals surface area contributed by atoms with E-state index in [1.165, 1.54) is 11.8 Å². The molecule has 2 N–H and O–H groups in total. The maximum Gasteiger partial charge on any atom is 0.255 e. The third kappa shape index (κ3) is 5.87. The van der Waals surface area contributed by atoms with Crippen molar-refractivity contribution in [2.75, 3.05) is 23.0 Å². The number of thioether (sulfide) groups is 1. The first-order valence-electron chi connectivity index (χ1n) is 9.68. The van der Waals surface area contributed by atoms with E-state index in [1.54, 1.807) is 6.07 Å². The van der Waals surface area contributed by atoms with Gasteiger partial charge in [0.25, 0.3) is 5.91 Å². The molecule has 0 saturated carbocycles. The molecule has 0 aliphatic rings. The molecular weight excluding hydrogens is 396 g/mol. The second kappa shape index (κ2) is 10.5. The minimum atomic E-state index is -0.152. The Bertz CT molecular complexity index is 1040. The highest BCUT2D eigenvalue weighted by Crippen LogP contribution is 2.26. The smallest absolute Gasteiger partial charge is 0.255 e. The maximum atomic E-state index is 12.5. The summed E-state index contributed by atoms with van der Waals surface area (Å²) in [6.45, 7) is 4.34. The standard InChI is InChI=1S/C24H24N2O3S/c1-3-29-22-14-7-6-13-21(22)26-23(27)16-30-19-11-8-10-18(15-19)25-24(28)20-12-5-4-9-17(20)2/h4-15H,3,16H2,1-2H3,(H,25,28)(H,26,27). The first-order valence-corrected chi connectivity index (χ1v) is 10.7. The zero-order valence-corrected chi connectivity index (χ0v) is 17.8. The van der Waals surface area contributed by atoms with Crippen molar-refractivity contribution in [3.8, 4) is 5.75 Å². The molecule has 0 aliphatic carbocycles. The molecule has 5 nitrogen and oxygen atoms in total. The number of aryl methyl sites for hydroxylation is 1. The predicted octanol–water partition coefficient (Wildman–Crippen LogP) is 5.38. The van der Waals surface area contributed by atoms with Crippen LogP contribution < -0.4 is 15.4 Å². The van der Waals surface area contributed by atoms with E-state index in [-0.39, 0.29) is 17.6 Å². The number of hydrogen-bond acceptors (Lipinski definition) is 4. The molecule has 30 heavy (non-hydrogen) atoms. The fourth-order valence-corrected chi connectivity index (χ4v) is 3.63. The molecule has 0 aromatic heterocycles. The van der Waals surface area contributed by atoms with E-state index >= 15 is 0 Å². The van der Waals surface area contributed by atoms with Crippen molar-refractivity contribution >= 4 is 35.0 Å². The van der Waals surface area contributed by atoms with Gasteiger partial charge in [-0.15, -0.1) is 11.8 Å². The molecule has 3 aromatic rings. The number of para-hydroxylation sites is 2. The van der Waals surface area contributed by atoms with Gasteiger partial charge in [0.05, 0.1) is 18.0 Å². The lowest BCUT2D eigenvalue weighted by Crippen LogP contribution is -2.15. The SMILES string of the molecule is CCOc1ccccc1NC(=O)CSc1cccc(NC(=O)c2ccccc2C)c1. The van der Waals surface area contributed by atoms with Crippen LogP contribution in [0, 0.1) is 6.92 Å². The number of hydrogen-bond donors (Lipinski definition) is 2. The Morgan fingerprint density at radius 2 is 1.70 bits per heavy atom. The molecule has 154 valence electrons. The molecule has 0 aliphatic heterocycles. The normalized spacial score (nSPS) is 10.3. The predicted molar refractivity (Wildman–Crippen MR) is 123 cm³/mol. The number of benzene rings is 3. The lowest BCUT2D eigenvalue weighted by molar-refractivity contribution is -0.113. The van der Waals surface area contributed by atoms with Gasteiger partial charge in [-0.05, 0) is 55.8 Å². The first kappa shape index (κ1) is 21.5. The molecule has 0 heterocycles. The molecule has 3 rings (SSSR count). The molecule has 0 atom stereocenters. The number of carbonyl (C=O) groups is 2. The Morgan fingerprint density at radius 1 is 0.933 bits per heavy atom. The minimum absolute atomic E-state index is 0.124. The topological polar surface area (TPSA) is 67.4 Å². The molecule has 0 spiro atoms. The van der Waals surface area contributed by atoms with E-state index in [0.717, 1.165) is 10.5 Å². The Labute approximate surface area is 180 Å². The number of rotatable bonds is 8. The molecule has 0 bridgehead atoms. The largest absolute Gasteiger partial charge is 0.492 e. The van der Waals surface area contributed by atoms with Gasteiger partial charge in [-0.25, -0.2) is 0 Å². The van der Waals surface area contributed by atoms with Crippen LogP contribution in [0.25, 0.3) is 0 Å². The van der Waals surface area contributed by atoms with Crippen LogP contribution in [-0.2, 0) is 4.79 Å². The minimum Gasteiger partial charge on any atom is -0.492 e. The van der Waals surface area contributed by atoms with Crippen LogP contribution in [0.2, 0.25) is 0 Å². The summed E-state index contributed by atoms with van der Waals surface area (Å²) >= 11 is 1.40. The zero-order chi connectivity index (χ0) is 21.3. The fraction of sp³-hybridized carbons (Fsp3) is 0.167. The monoisotopic (exact) mass is 420 g/mol. The van der Waals surface area contributed by atoms with Gasteiger partial charge in [0, 0.05) is 16.1 Å². The van der Waals surface area contributed by atoms with Gasteiger partial charge in [0.2, 0.25) is 5.91 Å². The van der Waals surface area contributed by atoms with E-state index in [4.69, 9.17) is 4.74 Å². The van der Waals surface area contributed by atoms with E-state index in [9.17, 15) is 9.59 Å². The Kier molecular flexibility index (Phi) is 7.51. The van der Waals surface area contributed by atoms with Crippen LogP contribution >= 0.6 is 11.8 Å². The molecule has 6 heteroatoms. The first-order chi connectivity index (χ1) is 14.6. The molecular formula is C24H24N2O3S. The Hall–Kier alpha value is -3.25. The summed E-state index contributed by atoms with van der Waals surface area (Å²) in [5.74, 6) is 0.622. The van der Waals surface area contributed by atoms with Crippen molar-refractivity contribution in [2.24, 2.45) is 0 Å². The van der Waals surface area contributed by atoms with Crippen LogP contribution in [0.4, 0.5) is 11.4 Å². The summed E-state index contributed by atoms with van der Waals surface area (Å²) in [7, 11) is 0. The molecule has 2 amide bonds. The van der Waals surface area contributed by atoms with Crippen LogP contribution in [-0.4, -0.2) is 24.2 Å². The number of ether oxygens (including phenoxy) is 1. The maximum absolute atomic E-state index is 12.5. The molecule has 0 radical (unpaired) electrons. The third-order valence-electron chi connectivity index (χ3n) is 4.31. The number of carbonyl (C=O) groups excluding carboxylic acids is 2. The van der Waals surface area contributed by atoms with Crippen LogP contribution in [0.5, 0.6) is 5.75 Å². The van der Waals surface area contributed by atoms with E-state index in [0.29, 0.717) is 29.3 Å². The van der Waals surface area contributed by atoms with Gasteiger partial charge in [-0.2, -0.15) is 0 Å². The highest BCUT2D eigenvalue weighted by molar-refractivity contribution is 8.00. The number of nitrogens with one attached hydrogen (secondary N) is 2. The van der Waals surface area contributed by atoms with Crippen molar-refractivity contribution in [1.29, 1.82) is 0 Å². The summed E-state index contributed by atoms with van der Waals surface area (Å²) in [4.78, 5) is 25.8. The second-order valence-corrected chi connectivity index (χ2v) is 7.61. The van der Waals surface area contributed by atoms with E-state index in [1.807, 2.05) is 80.6 Å². The van der Waals surface area contributed by atoms with Gasteiger partial charge in [0.1, 0.15) is 5.75 Å². The van der Waals surface area contributed by atoms with Crippen molar-refractivity contribution in [3.05, 3.63) is 83.9 Å². The van der Waals surface area contributed by atoms with Gasteiger partial charge in [0.15, 0.2) is 0 Å². The lowest BCUT2D eigenvalue weighted by Gasteiger charge is -2.11. The van der Waals surface area contributed by atoms with Crippen molar-refractivity contribution in [1.82, 2.24) is 0 Å². The van der Waals surface area contributed by atoms with E-state index in [2.05, 4.69) is 10.6 Å². The molecule has 0 unspecified atom stereocenters. The molecule has 3 aromatic carbocycles. The zero-order valence-electron chi connectivity index (χ0n) is 17.0. The summed E-state index contributed by atoms with van der Waals surface area (Å²) in [5, 5.41) is 5.80. The molecule has 0 fully saturated rings. The van der Waals surface area contributed by atoms with Gasteiger partial charge in [-0.3, -0.25) is 9.59 Å². The summed E-state index contributed by atoms with van der Waals surface area (Å²) in [5.41, 5.74) is 2.91. The number of amides is 2. The summed E-state index contributed by atoms with van der Waals surface area (Å²) in [6.07, 6.45) is 0. The third-order valence-corrected chi connectivity index (χ3v) is 5.31. The molecule has 0 saturated heterocycles. The Morgan fingerprint density at radius 3 is 2.50 bits per heavy atom. The fourth-order valence-electron chi connectivity index (χ4n) is 2.88. The van der Waals surface area contributed by atoms with Crippen LogP contribution in [0.1, 0.15) is 22.8 Å². The average molecular weight is 421 g/mol. The highest BCUT2D eigenvalue weighted by Gasteiger charge is 2.10. The Balaban J connectivity index is 1.58. The lowest BCUT2D eigenvalue weighted by atomic mass is 10.1. The van der Waals surface area contributed by atoms with Crippen molar-refractivity contribution < 1.29 is 14.3 Å².